The molecule has 0 fully saturated rings. The predicted octanol–water partition coefficient (Wildman–Crippen LogP) is 4.32. The average molecular weight is 329 g/mol. The van der Waals surface area contributed by atoms with Crippen LogP contribution in [0.1, 0.15) is 5.56 Å². The Labute approximate surface area is 127 Å². The lowest BCUT2D eigenvalue weighted by Crippen LogP contribution is -1.98. The molecule has 0 aliphatic carbocycles. The fraction of sp³-hybridized carbons (Fsp3) is 0. The van der Waals surface area contributed by atoms with E-state index >= 15 is 0 Å². The summed E-state index contributed by atoms with van der Waals surface area (Å²) in [5.41, 5.74) is 0.407. The van der Waals surface area contributed by atoms with E-state index in [2.05, 4.69) is 0 Å². The van der Waals surface area contributed by atoms with Crippen LogP contribution in [0.25, 0.3) is 5.76 Å². The Hall–Kier alpha value is -1.49. The Kier molecular flexibility index (Phi) is 4.38. The first-order chi connectivity index (χ1) is 9.38. The van der Waals surface area contributed by atoms with Crippen molar-refractivity contribution in [1.82, 2.24) is 0 Å². The summed E-state index contributed by atoms with van der Waals surface area (Å²) < 4.78 is 24.3. The van der Waals surface area contributed by atoms with Crippen molar-refractivity contribution in [1.29, 1.82) is 0 Å². The van der Waals surface area contributed by atoms with E-state index in [1.807, 2.05) is 0 Å². The highest BCUT2D eigenvalue weighted by molar-refractivity contribution is 7.94. The van der Waals surface area contributed by atoms with Crippen molar-refractivity contribution in [3.8, 4) is 0 Å². The van der Waals surface area contributed by atoms with Crippen molar-refractivity contribution >= 4 is 38.8 Å². The molecule has 0 saturated heterocycles. The minimum Gasteiger partial charge on any atom is -0.507 e. The maximum Gasteiger partial charge on any atom is 0.203 e. The average Bonchev–Trinajstić information content (AvgIpc) is 2.38. The van der Waals surface area contributed by atoms with Gasteiger partial charge in [0.05, 0.1) is 10.3 Å². The Morgan fingerprint density at radius 2 is 1.55 bits per heavy atom. The number of aliphatic hydroxyl groups is 1. The van der Waals surface area contributed by atoms with E-state index in [1.165, 1.54) is 18.2 Å². The third-order valence-electron chi connectivity index (χ3n) is 2.50. The smallest absolute Gasteiger partial charge is 0.203 e. The third-order valence-corrected chi connectivity index (χ3v) is 4.36. The molecule has 3 nitrogen and oxygen atoms in total. The molecule has 0 aliphatic heterocycles. The minimum atomic E-state index is -3.83. The van der Waals surface area contributed by atoms with Gasteiger partial charge in [-0.05, 0) is 18.2 Å². The lowest BCUT2D eigenvalue weighted by molar-refractivity contribution is 0.512. The predicted molar refractivity (Wildman–Crippen MR) is 80.7 cm³/mol. The normalized spacial score (nSPS) is 12.4. The highest BCUT2D eigenvalue weighted by Gasteiger charge is 2.15. The van der Waals surface area contributed by atoms with Crippen molar-refractivity contribution in [3.05, 3.63) is 69.5 Å². The first-order valence-electron chi connectivity index (χ1n) is 5.56. The van der Waals surface area contributed by atoms with Gasteiger partial charge in [0.2, 0.25) is 9.84 Å². The molecule has 0 heterocycles. The Bertz CT molecular complexity index is 733. The molecule has 0 unspecified atom stereocenters. The van der Waals surface area contributed by atoms with E-state index in [0.29, 0.717) is 5.56 Å². The van der Waals surface area contributed by atoms with E-state index in [4.69, 9.17) is 23.2 Å². The van der Waals surface area contributed by atoms with Gasteiger partial charge in [0.15, 0.2) is 0 Å². The molecule has 0 atom stereocenters. The first-order valence-corrected chi connectivity index (χ1v) is 7.86. The van der Waals surface area contributed by atoms with Gasteiger partial charge in [-0.1, -0.05) is 53.5 Å². The van der Waals surface area contributed by atoms with Gasteiger partial charge >= 0.3 is 0 Å². The van der Waals surface area contributed by atoms with E-state index in [1.54, 1.807) is 30.3 Å². The van der Waals surface area contributed by atoms with Gasteiger partial charge in [0.1, 0.15) is 5.76 Å². The van der Waals surface area contributed by atoms with Crippen molar-refractivity contribution in [2.75, 3.05) is 0 Å². The van der Waals surface area contributed by atoms with Gasteiger partial charge in [-0.3, -0.25) is 0 Å². The largest absolute Gasteiger partial charge is 0.507 e. The van der Waals surface area contributed by atoms with E-state index < -0.39 is 9.84 Å². The summed E-state index contributed by atoms with van der Waals surface area (Å²) in [5.74, 6) is -0.346. The summed E-state index contributed by atoms with van der Waals surface area (Å²) in [4.78, 5) is -0.0718. The number of rotatable bonds is 3. The van der Waals surface area contributed by atoms with Gasteiger partial charge in [-0.25, -0.2) is 8.42 Å². The molecule has 2 rings (SSSR count). The van der Waals surface area contributed by atoms with E-state index in [0.717, 1.165) is 5.41 Å². The number of sulfone groups is 1. The molecule has 0 radical (unpaired) electrons. The van der Waals surface area contributed by atoms with Crippen LogP contribution in [-0.4, -0.2) is 13.5 Å². The molecule has 2 aromatic rings. The molecule has 0 bridgehead atoms. The number of halogens is 2. The molecule has 0 saturated carbocycles. The summed E-state index contributed by atoms with van der Waals surface area (Å²) in [6, 6.07) is 12.4. The molecule has 1 N–H and O–H groups in total. The van der Waals surface area contributed by atoms with Crippen LogP contribution in [0.3, 0.4) is 0 Å². The number of aliphatic hydroxyl groups excluding tert-OH is 1. The summed E-state index contributed by atoms with van der Waals surface area (Å²) in [5, 5.41) is 11.1. The van der Waals surface area contributed by atoms with Crippen LogP contribution in [0, 0.1) is 0 Å². The molecule has 104 valence electrons. The number of hydrogen-bond acceptors (Lipinski definition) is 3. The molecule has 6 heteroatoms. The summed E-state index contributed by atoms with van der Waals surface area (Å²) in [6.45, 7) is 0. The molecular formula is C14H10Cl2O3S. The van der Waals surface area contributed by atoms with Crippen molar-refractivity contribution in [2.45, 2.75) is 4.90 Å². The fourth-order valence-electron chi connectivity index (χ4n) is 1.58. The monoisotopic (exact) mass is 328 g/mol. The van der Waals surface area contributed by atoms with Crippen LogP contribution in [0.2, 0.25) is 10.0 Å². The molecule has 0 aromatic heterocycles. The molecular weight excluding hydrogens is 319 g/mol. The summed E-state index contributed by atoms with van der Waals surface area (Å²) in [7, 11) is -3.83. The SMILES string of the molecule is O=S(=O)(/C=C(\O)c1ccccc1)c1cc(Cl)cc(Cl)c1. The van der Waals surface area contributed by atoms with Crippen LogP contribution in [0.5, 0.6) is 0 Å². The number of hydrogen-bond donors (Lipinski definition) is 1. The van der Waals surface area contributed by atoms with Crippen LogP contribution < -0.4 is 0 Å². The van der Waals surface area contributed by atoms with Crippen LogP contribution >= 0.6 is 23.2 Å². The Balaban J connectivity index is 2.46. The van der Waals surface area contributed by atoms with Gasteiger partial charge in [0, 0.05) is 15.6 Å². The molecule has 0 aliphatic rings. The van der Waals surface area contributed by atoms with E-state index in [-0.39, 0.29) is 20.7 Å². The second kappa shape index (κ2) is 5.87. The molecule has 20 heavy (non-hydrogen) atoms. The Morgan fingerprint density at radius 3 is 2.10 bits per heavy atom. The fourth-order valence-corrected chi connectivity index (χ4v) is 3.39. The maximum absolute atomic E-state index is 12.2. The molecule has 2 aromatic carbocycles. The second-order valence-electron chi connectivity index (χ2n) is 4.02. The standard InChI is InChI=1S/C14H10Cl2O3S/c15-11-6-12(16)8-13(7-11)20(18,19)9-14(17)10-4-2-1-3-5-10/h1-9,17H/b14-9-. The second-order valence-corrected chi connectivity index (χ2v) is 6.69. The van der Waals surface area contributed by atoms with Crippen molar-refractivity contribution in [3.63, 3.8) is 0 Å². The van der Waals surface area contributed by atoms with Crippen LogP contribution in [0.15, 0.2) is 58.8 Å². The van der Waals surface area contributed by atoms with Gasteiger partial charge < -0.3 is 5.11 Å². The minimum absolute atomic E-state index is 0.0718. The topological polar surface area (TPSA) is 54.4 Å². The number of benzene rings is 2. The van der Waals surface area contributed by atoms with Crippen LogP contribution in [-0.2, 0) is 9.84 Å². The highest BCUT2D eigenvalue weighted by Crippen LogP contribution is 2.25. The molecule has 0 spiro atoms. The lowest BCUT2D eigenvalue weighted by atomic mass is 10.2. The zero-order valence-corrected chi connectivity index (χ0v) is 12.5. The summed E-state index contributed by atoms with van der Waals surface area (Å²) >= 11 is 11.6. The lowest BCUT2D eigenvalue weighted by Gasteiger charge is -2.03. The van der Waals surface area contributed by atoms with Crippen molar-refractivity contribution in [2.24, 2.45) is 0 Å². The van der Waals surface area contributed by atoms with Crippen LogP contribution in [0.4, 0.5) is 0 Å². The Morgan fingerprint density at radius 1 is 1.00 bits per heavy atom. The quantitative estimate of drug-likeness (QED) is 0.853. The van der Waals surface area contributed by atoms with Gasteiger partial charge in [0.25, 0.3) is 0 Å². The third kappa shape index (κ3) is 3.54. The van der Waals surface area contributed by atoms with E-state index in [9.17, 15) is 13.5 Å². The maximum atomic E-state index is 12.2. The van der Waals surface area contributed by atoms with Crippen molar-refractivity contribution < 1.29 is 13.5 Å². The first kappa shape index (κ1) is 14.9. The zero-order chi connectivity index (χ0) is 14.8. The van der Waals surface area contributed by atoms with Gasteiger partial charge in [-0.2, -0.15) is 0 Å². The highest BCUT2D eigenvalue weighted by atomic mass is 35.5. The molecule has 0 amide bonds. The van der Waals surface area contributed by atoms with Gasteiger partial charge in [-0.15, -0.1) is 0 Å². The zero-order valence-electron chi connectivity index (χ0n) is 10.1. The summed E-state index contributed by atoms with van der Waals surface area (Å²) in [6.07, 6.45) is 0.